The van der Waals surface area contributed by atoms with Crippen molar-refractivity contribution < 1.29 is 9.53 Å². The summed E-state index contributed by atoms with van der Waals surface area (Å²) in [6.45, 7) is 1.20. The van der Waals surface area contributed by atoms with Crippen LogP contribution < -0.4 is 10.1 Å². The van der Waals surface area contributed by atoms with E-state index in [0.29, 0.717) is 19.1 Å². The lowest BCUT2D eigenvalue weighted by atomic mass is 10.1. The van der Waals surface area contributed by atoms with Gasteiger partial charge >= 0.3 is 0 Å². The first-order chi connectivity index (χ1) is 13.2. The van der Waals surface area contributed by atoms with Gasteiger partial charge in [0.05, 0.1) is 6.54 Å². The summed E-state index contributed by atoms with van der Waals surface area (Å²) in [5.41, 5.74) is 1.97. The van der Waals surface area contributed by atoms with Crippen molar-refractivity contribution in [2.24, 2.45) is 5.92 Å². The number of hydrogen-bond acceptors (Lipinski definition) is 3. The van der Waals surface area contributed by atoms with Gasteiger partial charge in [0.2, 0.25) is 5.91 Å². The maximum atomic E-state index is 12.5. The number of anilines is 1. The van der Waals surface area contributed by atoms with Crippen molar-refractivity contribution in [2.45, 2.75) is 18.9 Å². The van der Waals surface area contributed by atoms with Crippen molar-refractivity contribution in [2.75, 3.05) is 11.9 Å². The van der Waals surface area contributed by atoms with E-state index >= 15 is 0 Å². The molecule has 3 aromatic rings. The zero-order valence-corrected chi connectivity index (χ0v) is 16.3. The second-order valence-corrected chi connectivity index (χ2v) is 7.55. The van der Waals surface area contributed by atoms with Crippen LogP contribution in [0.15, 0.2) is 71.5 Å². The molecule has 5 nitrogen and oxygen atoms in total. The molecule has 1 aliphatic carbocycles. The van der Waals surface area contributed by atoms with Crippen LogP contribution in [0.3, 0.4) is 0 Å². The number of hydrogen-bond donors (Lipinski definition) is 1. The lowest BCUT2D eigenvalue weighted by Gasteiger charge is -2.09. The first-order valence-corrected chi connectivity index (χ1v) is 9.75. The van der Waals surface area contributed by atoms with Crippen molar-refractivity contribution in [3.8, 4) is 5.75 Å². The van der Waals surface area contributed by atoms with Gasteiger partial charge in [-0.25, -0.2) is 0 Å². The maximum Gasteiger partial charge on any atom is 0.228 e. The molecular weight excluding hydrogens is 406 g/mol. The second-order valence-electron chi connectivity index (χ2n) is 6.64. The summed E-state index contributed by atoms with van der Waals surface area (Å²) in [5.74, 6) is 1.13. The molecule has 4 rings (SSSR count). The fourth-order valence-electron chi connectivity index (χ4n) is 3.18. The molecule has 1 amide bonds. The molecule has 6 heteroatoms. The average molecular weight is 426 g/mol. The molecule has 1 heterocycles. The van der Waals surface area contributed by atoms with Gasteiger partial charge in [-0.2, -0.15) is 5.10 Å². The van der Waals surface area contributed by atoms with Crippen LogP contribution in [0.5, 0.6) is 5.75 Å². The Labute approximate surface area is 166 Å². The molecule has 0 aliphatic heterocycles. The zero-order chi connectivity index (χ0) is 18.6. The third-order valence-electron chi connectivity index (χ3n) is 4.65. The smallest absolute Gasteiger partial charge is 0.228 e. The number of nitrogens with zero attached hydrogens (tertiary/aromatic N) is 2. The Morgan fingerprint density at radius 3 is 2.93 bits per heavy atom. The number of rotatable bonds is 7. The molecule has 0 bridgehead atoms. The molecule has 0 saturated heterocycles. The van der Waals surface area contributed by atoms with Crippen LogP contribution in [0.25, 0.3) is 0 Å². The van der Waals surface area contributed by atoms with Crippen molar-refractivity contribution in [1.82, 2.24) is 9.78 Å². The van der Waals surface area contributed by atoms with E-state index in [-0.39, 0.29) is 11.8 Å². The minimum absolute atomic E-state index is 0.0312. The first-order valence-electron chi connectivity index (χ1n) is 8.96. The summed E-state index contributed by atoms with van der Waals surface area (Å²) in [6.07, 6.45) is 4.54. The SMILES string of the molecule is O=C(Nc1cccc(OCCn2cccn2)c1)C1CC1c1cccc(Br)c1. The number of nitrogens with one attached hydrogen (secondary N) is 1. The number of aromatic nitrogens is 2. The molecule has 1 aliphatic rings. The Kier molecular flexibility index (Phi) is 5.25. The summed E-state index contributed by atoms with van der Waals surface area (Å²) in [7, 11) is 0. The van der Waals surface area contributed by atoms with Gasteiger partial charge in [0.1, 0.15) is 12.4 Å². The topological polar surface area (TPSA) is 56.1 Å². The van der Waals surface area contributed by atoms with Gasteiger partial charge in [-0.1, -0.05) is 34.1 Å². The number of carbonyl (C=O) groups is 1. The molecule has 1 saturated carbocycles. The first kappa shape index (κ1) is 17.8. The van der Waals surface area contributed by atoms with Gasteiger partial charge in [0.25, 0.3) is 0 Å². The van der Waals surface area contributed by atoms with Crippen LogP contribution in [0.4, 0.5) is 5.69 Å². The fourth-order valence-corrected chi connectivity index (χ4v) is 3.60. The molecule has 27 heavy (non-hydrogen) atoms. The molecule has 1 fully saturated rings. The molecule has 1 N–H and O–H groups in total. The Morgan fingerprint density at radius 1 is 1.22 bits per heavy atom. The van der Waals surface area contributed by atoms with Gasteiger partial charge in [0, 0.05) is 34.5 Å². The van der Waals surface area contributed by atoms with Crippen LogP contribution in [-0.2, 0) is 11.3 Å². The summed E-state index contributed by atoms with van der Waals surface area (Å²) in [5, 5.41) is 7.16. The van der Waals surface area contributed by atoms with E-state index in [0.717, 1.165) is 22.3 Å². The van der Waals surface area contributed by atoms with Gasteiger partial charge in [-0.3, -0.25) is 9.48 Å². The maximum absolute atomic E-state index is 12.5. The van der Waals surface area contributed by atoms with E-state index < -0.39 is 0 Å². The molecule has 2 atom stereocenters. The van der Waals surface area contributed by atoms with Crippen LogP contribution in [-0.4, -0.2) is 22.3 Å². The Bertz CT molecular complexity index is 927. The standard InChI is InChI=1S/C21H20BrN3O2/c22-16-5-1-4-15(12-16)19-14-20(19)21(26)24-17-6-2-7-18(13-17)27-11-10-25-9-3-8-23-25/h1-9,12-13,19-20H,10-11,14H2,(H,24,26). The van der Waals surface area contributed by atoms with Crippen LogP contribution in [0.1, 0.15) is 17.9 Å². The predicted octanol–water partition coefficient (Wildman–Crippen LogP) is 4.47. The summed E-state index contributed by atoms with van der Waals surface area (Å²) < 4.78 is 8.63. The molecular formula is C21H20BrN3O2. The molecule has 0 radical (unpaired) electrons. The Morgan fingerprint density at radius 2 is 2.11 bits per heavy atom. The highest BCUT2D eigenvalue weighted by atomic mass is 79.9. The number of amides is 1. The largest absolute Gasteiger partial charge is 0.492 e. The van der Waals surface area contributed by atoms with Crippen molar-refractivity contribution in [3.63, 3.8) is 0 Å². The number of carbonyl (C=O) groups excluding carboxylic acids is 1. The molecule has 2 aromatic carbocycles. The monoisotopic (exact) mass is 425 g/mol. The van der Waals surface area contributed by atoms with Crippen molar-refractivity contribution in [3.05, 3.63) is 77.0 Å². The summed E-state index contributed by atoms with van der Waals surface area (Å²) in [4.78, 5) is 12.5. The van der Waals surface area contributed by atoms with Gasteiger partial charge in [-0.15, -0.1) is 0 Å². The van der Waals surface area contributed by atoms with E-state index in [9.17, 15) is 4.79 Å². The van der Waals surface area contributed by atoms with Gasteiger partial charge in [-0.05, 0) is 48.2 Å². The summed E-state index contributed by atoms with van der Waals surface area (Å²) in [6, 6.07) is 17.6. The fraction of sp³-hybridized carbons (Fsp3) is 0.238. The molecule has 0 spiro atoms. The van der Waals surface area contributed by atoms with E-state index in [1.807, 2.05) is 53.3 Å². The third-order valence-corrected chi connectivity index (χ3v) is 5.15. The molecule has 1 aromatic heterocycles. The van der Waals surface area contributed by atoms with E-state index in [4.69, 9.17) is 4.74 Å². The highest BCUT2D eigenvalue weighted by molar-refractivity contribution is 9.10. The van der Waals surface area contributed by atoms with Gasteiger partial charge in [0.15, 0.2) is 0 Å². The highest BCUT2D eigenvalue weighted by Crippen LogP contribution is 2.48. The van der Waals surface area contributed by atoms with Crippen LogP contribution in [0, 0.1) is 5.92 Å². The Balaban J connectivity index is 1.31. The van der Waals surface area contributed by atoms with E-state index in [1.54, 1.807) is 6.20 Å². The number of halogens is 1. The normalized spacial score (nSPS) is 18.1. The lowest BCUT2D eigenvalue weighted by molar-refractivity contribution is -0.117. The quantitative estimate of drug-likeness (QED) is 0.607. The molecule has 138 valence electrons. The summed E-state index contributed by atoms with van der Waals surface area (Å²) >= 11 is 3.49. The highest BCUT2D eigenvalue weighted by Gasteiger charge is 2.43. The lowest BCUT2D eigenvalue weighted by Crippen LogP contribution is -2.14. The zero-order valence-electron chi connectivity index (χ0n) is 14.7. The number of ether oxygens (including phenoxy) is 1. The predicted molar refractivity (Wildman–Crippen MR) is 108 cm³/mol. The minimum Gasteiger partial charge on any atom is -0.492 e. The van der Waals surface area contributed by atoms with E-state index in [1.165, 1.54) is 5.56 Å². The Hall–Kier alpha value is -2.60. The van der Waals surface area contributed by atoms with Crippen LogP contribution in [0.2, 0.25) is 0 Å². The number of benzene rings is 2. The van der Waals surface area contributed by atoms with Crippen molar-refractivity contribution >= 4 is 27.5 Å². The minimum atomic E-state index is 0.0312. The average Bonchev–Trinajstić information content (AvgIpc) is 3.31. The van der Waals surface area contributed by atoms with Gasteiger partial charge < -0.3 is 10.1 Å². The second kappa shape index (κ2) is 7.96. The van der Waals surface area contributed by atoms with Crippen molar-refractivity contribution in [1.29, 1.82) is 0 Å². The molecule has 2 unspecified atom stereocenters. The van der Waals surface area contributed by atoms with Crippen LogP contribution >= 0.6 is 15.9 Å². The van der Waals surface area contributed by atoms with E-state index in [2.05, 4.69) is 38.5 Å². The third kappa shape index (κ3) is 4.57.